The summed E-state index contributed by atoms with van der Waals surface area (Å²) in [7, 11) is 0. The predicted molar refractivity (Wildman–Crippen MR) is 120 cm³/mol. The molecule has 0 spiro atoms. The average molecular weight is 460 g/mol. The van der Waals surface area contributed by atoms with E-state index in [1.165, 1.54) is 6.92 Å². The van der Waals surface area contributed by atoms with Gasteiger partial charge in [0.05, 0.1) is 12.1 Å². The molecule has 11 heteroatoms. The molecule has 0 aliphatic heterocycles. The first-order valence-electron chi connectivity index (χ1n) is 11.1. The van der Waals surface area contributed by atoms with Gasteiger partial charge in [-0.15, -0.1) is 0 Å². The first-order chi connectivity index (χ1) is 14.8. The Hall–Kier alpha value is -2.24. The average Bonchev–Trinajstić information content (AvgIpc) is 2.67. The number of rotatable bonds is 15. The number of carbonyl (C=O) groups excluding carboxylic acids is 3. The molecule has 11 nitrogen and oxygen atoms in total. The van der Waals surface area contributed by atoms with E-state index in [1.54, 1.807) is 13.8 Å². The molecular formula is C21H41N5O6. The fourth-order valence-corrected chi connectivity index (χ4v) is 3.04. The van der Waals surface area contributed by atoms with Gasteiger partial charge in [-0.1, -0.05) is 34.1 Å². The van der Waals surface area contributed by atoms with Crippen LogP contribution in [0.1, 0.15) is 60.3 Å². The summed E-state index contributed by atoms with van der Waals surface area (Å²) < 4.78 is 0. The number of hydrogen-bond donors (Lipinski definition) is 7. The third-order valence-corrected chi connectivity index (χ3v) is 4.94. The minimum atomic E-state index is -1.51. The summed E-state index contributed by atoms with van der Waals surface area (Å²) in [6.45, 7) is 8.93. The van der Waals surface area contributed by atoms with Gasteiger partial charge in [0.2, 0.25) is 17.7 Å². The third kappa shape index (κ3) is 10.9. The molecule has 0 heterocycles. The number of nitrogens with one attached hydrogen (secondary N) is 3. The van der Waals surface area contributed by atoms with Crippen LogP contribution in [-0.2, 0) is 19.2 Å². The second-order valence-corrected chi connectivity index (χ2v) is 8.88. The normalized spacial score (nSPS) is 16.1. The highest BCUT2D eigenvalue weighted by atomic mass is 16.4. The van der Waals surface area contributed by atoms with Crippen LogP contribution in [0.3, 0.4) is 0 Å². The summed E-state index contributed by atoms with van der Waals surface area (Å²) in [5, 5.41) is 26.3. The zero-order valence-electron chi connectivity index (χ0n) is 19.8. The molecule has 0 aliphatic rings. The molecule has 0 radical (unpaired) electrons. The minimum absolute atomic E-state index is 0.00365. The van der Waals surface area contributed by atoms with E-state index in [0.717, 1.165) is 6.42 Å². The van der Waals surface area contributed by atoms with E-state index in [2.05, 4.69) is 16.0 Å². The largest absolute Gasteiger partial charge is 0.480 e. The molecule has 5 unspecified atom stereocenters. The summed E-state index contributed by atoms with van der Waals surface area (Å²) in [5.41, 5.74) is 11.4. The van der Waals surface area contributed by atoms with Crippen molar-refractivity contribution in [2.45, 2.75) is 90.6 Å². The highest BCUT2D eigenvalue weighted by Gasteiger charge is 2.33. The van der Waals surface area contributed by atoms with Crippen molar-refractivity contribution >= 4 is 23.7 Å². The number of nitrogens with two attached hydrogens (primary N) is 2. The van der Waals surface area contributed by atoms with Gasteiger partial charge in [-0.05, 0) is 44.6 Å². The monoisotopic (exact) mass is 459 g/mol. The van der Waals surface area contributed by atoms with Crippen molar-refractivity contribution < 1.29 is 29.4 Å². The standard InChI is InChI=1S/C21H41N5O6/c1-11(2)10-15(19(29)26-17(13(5)27)21(31)32)24-20(30)16(12(3)4)25-18(28)14(23)8-6-7-9-22/h11-17,27H,6-10,22-23H2,1-5H3,(H,24,30)(H,25,28)(H,26,29)(H,31,32). The Labute approximate surface area is 190 Å². The molecule has 0 aromatic rings. The van der Waals surface area contributed by atoms with Crippen LogP contribution in [0.2, 0.25) is 0 Å². The van der Waals surface area contributed by atoms with Crippen LogP contribution in [0.25, 0.3) is 0 Å². The molecule has 5 atom stereocenters. The summed E-state index contributed by atoms with van der Waals surface area (Å²) in [6.07, 6.45) is 0.777. The molecule has 0 aliphatic carbocycles. The highest BCUT2D eigenvalue weighted by Crippen LogP contribution is 2.09. The summed E-state index contributed by atoms with van der Waals surface area (Å²) in [4.78, 5) is 49.3. The number of amides is 3. The second-order valence-electron chi connectivity index (χ2n) is 8.88. The summed E-state index contributed by atoms with van der Waals surface area (Å²) >= 11 is 0. The Morgan fingerprint density at radius 3 is 1.84 bits per heavy atom. The molecule has 0 fully saturated rings. The van der Waals surface area contributed by atoms with Gasteiger partial charge in [-0.25, -0.2) is 4.79 Å². The lowest BCUT2D eigenvalue weighted by atomic mass is 9.99. The third-order valence-electron chi connectivity index (χ3n) is 4.94. The molecule has 9 N–H and O–H groups in total. The van der Waals surface area contributed by atoms with Crippen molar-refractivity contribution in [3.05, 3.63) is 0 Å². The summed E-state index contributed by atoms with van der Waals surface area (Å²) in [5.74, 6) is -3.45. The zero-order valence-corrected chi connectivity index (χ0v) is 19.8. The Morgan fingerprint density at radius 2 is 1.41 bits per heavy atom. The van der Waals surface area contributed by atoms with Gasteiger partial charge in [0.15, 0.2) is 6.04 Å². The van der Waals surface area contributed by atoms with Crippen LogP contribution in [0.5, 0.6) is 0 Å². The van der Waals surface area contributed by atoms with Crippen LogP contribution in [0.15, 0.2) is 0 Å². The molecule has 0 aromatic carbocycles. The lowest BCUT2D eigenvalue weighted by Gasteiger charge is -2.28. The molecule has 3 amide bonds. The Balaban J connectivity index is 5.33. The quantitative estimate of drug-likeness (QED) is 0.152. The molecule has 186 valence electrons. The van der Waals surface area contributed by atoms with Gasteiger partial charge < -0.3 is 37.6 Å². The number of carboxylic acids is 1. The van der Waals surface area contributed by atoms with Crippen LogP contribution in [0.4, 0.5) is 0 Å². The molecule has 0 rings (SSSR count). The number of carbonyl (C=O) groups is 4. The maximum absolute atomic E-state index is 12.9. The van der Waals surface area contributed by atoms with Gasteiger partial charge in [-0.3, -0.25) is 14.4 Å². The van der Waals surface area contributed by atoms with Crippen LogP contribution < -0.4 is 27.4 Å². The molecular weight excluding hydrogens is 418 g/mol. The Morgan fingerprint density at radius 1 is 0.844 bits per heavy atom. The topological polar surface area (TPSA) is 197 Å². The van der Waals surface area contributed by atoms with E-state index in [9.17, 15) is 29.4 Å². The van der Waals surface area contributed by atoms with Crippen molar-refractivity contribution in [2.24, 2.45) is 23.3 Å². The van der Waals surface area contributed by atoms with Gasteiger partial charge in [0.25, 0.3) is 0 Å². The fraction of sp³-hybridized carbons (Fsp3) is 0.810. The lowest BCUT2D eigenvalue weighted by molar-refractivity contribution is -0.145. The molecule has 0 bridgehead atoms. The van der Waals surface area contributed by atoms with Crippen molar-refractivity contribution in [2.75, 3.05) is 6.54 Å². The van der Waals surface area contributed by atoms with E-state index < -0.39 is 54.0 Å². The second kappa shape index (κ2) is 14.8. The van der Waals surface area contributed by atoms with E-state index in [4.69, 9.17) is 11.5 Å². The fourth-order valence-electron chi connectivity index (χ4n) is 3.04. The number of carboxylic acid groups (broad SMARTS) is 1. The molecule has 0 saturated heterocycles. The zero-order chi connectivity index (χ0) is 25.0. The number of aliphatic hydroxyl groups excluding tert-OH is 1. The molecule has 32 heavy (non-hydrogen) atoms. The number of aliphatic hydroxyl groups is 1. The van der Waals surface area contributed by atoms with Crippen molar-refractivity contribution in [3.63, 3.8) is 0 Å². The SMILES string of the molecule is CC(C)CC(NC(=O)C(NC(=O)C(N)CCCCN)C(C)C)C(=O)NC(C(=O)O)C(C)O. The highest BCUT2D eigenvalue weighted by molar-refractivity contribution is 5.94. The molecule has 0 saturated carbocycles. The van der Waals surface area contributed by atoms with Gasteiger partial charge in [-0.2, -0.15) is 0 Å². The van der Waals surface area contributed by atoms with E-state index in [-0.39, 0.29) is 18.3 Å². The van der Waals surface area contributed by atoms with Crippen molar-refractivity contribution in [1.82, 2.24) is 16.0 Å². The van der Waals surface area contributed by atoms with Crippen molar-refractivity contribution in [1.29, 1.82) is 0 Å². The number of aliphatic carboxylic acids is 1. The maximum Gasteiger partial charge on any atom is 0.328 e. The number of hydrogen-bond acceptors (Lipinski definition) is 7. The van der Waals surface area contributed by atoms with Crippen LogP contribution in [0, 0.1) is 11.8 Å². The lowest BCUT2D eigenvalue weighted by Crippen LogP contribution is -2.59. The van der Waals surface area contributed by atoms with Crippen molar-refractivity contribution in [3.8, 4) is 0 Å². The first kappa shape index (κ1) is 29.8. The molecule has 0 aromatic heterocycles. The van der Waals surface area contributed by atoms with E-state index in [1.807, 2.05) is 13.8 Å². The minimum Gasteiger partial charge on any atom is -0.480 e. The smallest absolute Gasteiger partial charge is 0.328 e. The van der Waals surface area contributed by atoms with E-state index in [0.29, 0.717) is 19.4 Å². The maximum atomic E-state index is 12.9. The van der Waals surface area contributed by atoms with Gasteiger partial charge >= 0.3 is 5.97 Å². The predicted octanol–water partition coefficient (Wildman–Crippen LogP) is -0.935. The summed E-state index contributed by atoms with van der Waals surface area (Å²) in [6, 6.07) is -4.27. The van der Waals surface area contributed by atoms with E-state index >= 15 is 0 Å². The van der Waals surface area contributed by atoms with Crippen LogP contribution in [-0.4, -0.2) is 70.7 Å². The van der Waals surface area contributed by atoms with Gasteiger partial charge in [0, 0.05) is 0 Å². The van der Waals surface area contributed by atoms with Gasteiger partial charge in [0.1, 0.15) is 12.1 Å². The first-order valence-corrected chi connectivity index (χ1v) is 11.1. The Kier molecular flexibility index (Phi) is 13.7. The van der Waals surface area contributed by atoms with Crippen LogP contribution >= 0.6 is 0 Å². The Bertz CT molecular complexity index is 626. The number of unbranched alkanes of at least 4 members (excludes halogenated alkanes) is 1.